The van der Waals surface area contributed by atoms with Gasteiger partial charge in [-0.05, 0) is 41.8 Å². The topological polar surface area (TPSA) is 90.3 Å². The van der Waals surface area contributed by atoms with Gasteiger partial charge in [0.05, 0.1) is 12.7 Å². The molecule has 0 unspecified atom stereocenters. The lowest BCUT2D eigenvalue weighted by atomic mass is 10.1. The summed E-state index contributed by atoms with van der Waals surface area (Å²) >= 11 is 0. The number of benzene rings is 2. The molecule has 1 aromatic heterocycles. The van der Waals surface area contributed by atoms with E-state index in [0.29, 0.717) is 5.56 Å². The van der Waals surface area contributed by atoms with Gasteiger partial charge in [0.2, 0.25) is 0 Å². The molecule has 0 saturated carbocycles. The molecule has 0 aliphatic rings. The fraction of sp³-hybridized carbons (Fsp3) is 0.0556. The highest BCUT2D eigenvalue weighted by atomic mass is 16.5. The van der Waals surface area contributed by atoms with E-state index in [1.54, 1.807) is 13.2 Å². The van der Waals surface area contributed by atoms with Gasteiger partial charge in [-0.1, -0.05) is 18.2 Å². The van der Waals surface area contributed by atoms with Crippen LogP contribution in [0.1, 0.15) is 5.56 Å². The Labute approximate surface area is 138 Å². The molecule has 0 amide bonds. The molecule has 0 spiro atoms. The number of aromatic amines is 1. The standard InChI is InChI=1S/C18H16N4O2/c1-24-14-8-6-13(7-9-14)20-11-17(22-19)15-10-12-4-2-3-5-16(12)21-18(15)23/h2-11,19-20H,1H3,(H,21,23)/b17-11-,22-19?. The summed E-state index contributed by atoms with van der Waals surface area (Å²) in [6.07, 6.45) is 1.54. The second-order valence-corrected chi connectivity index (χ2v) is 5.11. The van der Waals surface area contributed by atoms with E-state index in [9.17, 15) is 4.79 Å². The van der Waals surface area contributed by atoms with Gasteiger partial charge in [0, 0.05) is 17.4 Å². The van der Waals surface area contributed by atoms with Crippen LogP contribution in [0.15, 0.2) is 70.7 Å². The third-order valence-electron chi connectivity index (χ3n) is 3.62. The Kier molecular flexibility index (Phi) is 4.38. The van der Waals surface area contributed by atoms with Crippen molar-refractivity contribution in [3.8, 4) is 5.75 Å². The number of anilines is 1. The average Bonchev–Trinajstić information content (AvgIpc) is 2.63. The molecule has 2 aromatic carbocycles. The van der Waals surface area contributed by atoms with Gasteiger partial charge in [0.25, 0.3) is 5.56 Å². The number of H-pyrrole nitrogens is 1. The number of para-hydroxylation sites is 1. The number of pyridine rings is 1. The van der Waals surface area contributed by atoms with Gasteiger partial charge in [-0.15, -0.1) is 0 Å². The van der Waals surface area contributed by atoms with Crippen molar-refractivity contribution in [3.63, 3.8) is 0 Å². The maximum absolute atomic E-state index is 12.2. The van der Waals surface area contributed by atoms with Crippen molar-refractivity contribution in [1.82, 2.24) is 4.98 Å². The molecule has 1 heterocycles. The quantitative estimate of drug-likeness (QED) is 0.621. The van der Waals surface area contributed by atoms with Gasteiger partial charge < -0.3 is 15.0 Å². The smallest absolute Gasteiger partial charge is 0.258 e. The van der Waals surface area contributed by atoms with E-state index in [1.165, 1.54) is 6.20 Å². The summed E-state index contributed by atoms with van der Waals surface area (Å²) in [6, 6.07) is 16.5. The van der Waals surface area contributed by atoms with Crippen LogP contribution in [0.5, 0.6) is 5.75 Å². The van der Waals surface area contributed by atoms with E-state index in [-0.39, 0.29) is 11.3 Å². The molecule has 0 radical (unpaired) electrons. The SMILES string of the molecule is COc1ccc(N/C=C(\N=N)c2cc3ccccc3[nH]c2=O)cc1. The van der Waals surface area contributed by atoms with Crippen molar-refractivity contribution in [2.45, 2.75) is 0 Å². The lowest BCUT2D eigenvalue weighted by molar-refractivity contribution is 0.415. The highest BCUT2D eigenvalue weighted by molar-refractivity contribution is 5.82. The Morgan fingerprint density at radius 3 is 2.67 bits per heavy atom. The Morgan fingerprint density at radius 2 is 1.96 bits per heavy atom. The van der Waals surface area contributed by atoms with E-state index in [2.05, 4.69) is 15.4 Å². The average molecular weight is 320 g/mol. The third-order valence-corrected chi connectivity index (χ3v) is 3.62. The van der Waals surface area contributed by atoms with Crippen molar-refractivity contribution in [3.05, 3.63) is 76.7 Å². The first-order valence-electron chi connectivity index (χ1n) is 7.32. The number of hydrogen-bond donors (Lipinski definition) is 3. The van der Waals surface area contributed by atoms with Crippen molar-refractivity contribution in [1.29, 1.82) is 5.53 Å². The third kappa shape index (κ3) is 3.17. The van der Waals surface area contributed by atoms with Crippen LogP contribution in [0, 0.1) is 5.53 Å². The highest BCUT2D eigenvalue weighted by Gasteiger charge is 2.08. The lowest BCUT2D eigenvalue weighted by Crippen LogP contribution is -2.11. The fourth-order valence-corrected chi connectivity index (χ4v) is 2.35. The summed E-state index contributed by atoms with van der Waals surface area (Å²) < 4.78 is 5.10. The first kappa shape index (κ1) is 15.5. The van der Waals surface area contributed by atoms with Gasteiger partial charge in [-0.2, -0.15) is 5.11 Å². The maximum atomic E-state index is 12.2. The predicted octanol–water partition coefficient (Wildman–Crippen LogP) is 3.98. The van der Waals surface area contributed by atoms with Crippen LogP contribution in [-0.2, 0) is 0 Å². The van der Waals surface area contributed by atoms with Gasteiger partial charge in [-0.3, -0.25) is 4.79 Å². The molecule has 3 aromatic rings. The van der Waals surface area contributed by atoms with E-state index in [4.69, 9.17) is 10.3 Å². The van der Waals surface area contributed by atoms with Gasteiger partial charge in [-0.25, -0.2) is 5.53 Å². The van der Waals surface area contributed by atoms with Crippen molar-refractivity contribution >= 4 is 22.3 Å². The minimum Gasteiger partial charge on any atom is -0.497 e. The van der Waals surface area contributed by atoms with E-state index >= 15 is 0 Å². The van der Waals surface area contributed by atoms with Crippen LogP contribution in [0.2, 0.25) is 0 Å². The highest BCUT2D eigenvalue weighted by Crippen LogP contribution is 2.19. The number of nitrogens with zero attached hydrogens (tertiary/aromatic N) is 1. The zero-order valence-electron chi connectivity index (χ0n) is 13.0. The van der Waals surface area contributed by atoms with Gasteiger partial charge >= 0.3 is 0 Å². The Bertz CT molecular complexity index is 959. The lowest BCUT2D eigenvalue weighted by Gasteiger charge is -2.06. The van der Waals surface area contributed by atoms with Crippen molar-refractivity contribution < 1.29 is 4.74 Å². The molecule has 0 saturated heterocycles. The molecule has 3 rings (SSSR count). The minimum atomic E-state index is -0.285. The van der Waals surface area contributed by atoms with Crippen LogP contribution in [0.25, 0.3) is 16.6 Å². The first-order valence-corrected chi connectivity index (χ1v) is 7.32. The summed E-state index contributed by atoms with van der Waals surface area (Å²) in [5.74, 6) is 0.751. The van der Waals surface area contributed by atoms with Crippen molar-refractivity contribution in [2.75, 3.05) is 12.4 Å². The maximum Gasteiger partial charge on any atom is 0.258 e. The second kappa shape index (κ2) is 6.78. The van der Waals surface area contributed by atoms with E-state index in [1.807, 2.05) is 48.5 Å². The monoisotopic (exact) mass is 320 g/mol. The molecule has 0 fully saturated rings. The zero-order chi connectivity index (χ0) is 16.9. The number of hydrogen-bond acceptors (Lipinski definition) is 5. The zero-order valence-corrected chi connectivity index (χ0v) is 13.0. The molecule has 0 aliphatic heterocycles. The van der Waals surface area contributed by atoms with Crippen LogP contribution in [-0.4, -0.2) is 12.1 Å². The summed E-state index contributed by atoms with van der Waals surface area (Å²) in [5.41, 5.74) is 9.23. The minimum absolute atomic E-state index is 0.248. The predicted molar refractivity (Wildman–Crippen MR) is 94.3 cm³/mol. The van der Waals surface area contributed by atoms with Gasteiger partial charge in [0.15, 0.2) is 0 Å². The van der Waals surface area contributed by atoms with Crippen LogP contribution >= 0.6 is 0 Å². The number of aromatic nitrogens is 1. The second-order valence-electron chi connectivity index (χ2n) is 5.11. The Hall–Kier alpha value is -3.41. The molecule has 24 heavy (non-hydrogen) atoms. The molecule has 120 valence electrons. The molecular formula is C18H16N4O2. The van der Waals surface area contributed by atoms with E-state index < -0.39 is 0 Å². The Balaban J connectivity index is 1.94. The van der Waals surface area contributed by atoms with Crippen LogP contribution < -0.4 is 15.6 Å². The molecule has 0 aliphatic carbocycles. The first-order chi connectivity index (χ1) is 11.7. The van der Waals surface area contributed by atoms with Gasteiger partial charge in [0.1, 0.15) is 11.4 Å². The molecule has 6 nitrogen and oxygen atoms in total. The number of ether oxygens (including phenoxy) is 1. The normalized spacial score (nSPS) is 11.3. The number of nitrogens with one attached hydrogen (secondary N) is 3. The van der Waals surface area contributed by atoms with E-state index in [0.717, 1.165) is 22.3 Å². The summed E-state index contributed by atoms with van der Waals surface area (Å²) in [5, 5.41) is 7.40. The summed E-state index contributed by atoms with van der Waals surface area (Å²) in [4.78, 5) is 15.0. The molecule has 3 N–H and O–H groups in total. The molecule has 0 bridgehead atoms. The van der Waals surface area contributed by atoms with Crippen LogP contribution in [0.3, 0.4) is 0 Å². The largest absolute Gasteiger partial charge is 0.497 e. The summed E-state index contributed by atoms with van der Waals surface area (Å²) in [6.45, 7) is 0. The van der Waals surface area contributed by atoms with Crippen molar-refractivity contribution in [2.24, 2.45) is 5.11 Å². The number of fused-ring (bicyclic) bond motifs is 1. The molecular weight excluding hydrogens is 304 g/mol. The Morgan fingerprint density at radius 1 is 1.21 bits per heavy atom. The number of methoxy groups -OCH3 is 1. The fourth-order valence-electron chi connectivity index (χ4n) is 2.35. The summed E-state index contributed by atoms with van der Waals surface area (Å²) in [7, 11) is 1.60. The number of rotatable bonds is 5. The van der Waals surface area contributed by atoms with Crippen LogP contribution in [0.4, 0.5) is 5.69 Å². The molecule has 0 atom stereocenters. The molecule has 6 heteroatoms.